The van der Waals surface area contributed by atoms with Crippen LogP contribution in [0, 0.1) is 0 Å². The van der Waals surface area contributed by atoms with Crippen molar-refractivity contribution in [2.45, 2.75) is 6.92 Å². The van der Waals surface area contributed by atoms with E-state index in [-0.39, 0.29) is 11.0 Å². The zero-order chi connectivity index (χ0) is 20.9. The fourth-order valence-electron chi connectivity index (χ4n) is 2.35. The number of hydrogen-bond acceptors (Lipinski definition) is 6. The van der Waals surface area contributed by atoms with E-state index in [4.69, 9.17) is 31.2 Å². The molecule has 0 saturated carbocycles. The summed E-state index contributed by atoms with van der Waals surface area (Å²) < 4.78 is 21.3. The topological polar surface area (TPSA) is 78.1 Å². The summed E-state index contributed by atoms with van der Waals surface area (Å²) in [5.41, 5.74) is 1.13. The minimum Gasteiger partial charge on any atom is -0.491 e. The van der Waals surface area contributed by atoms with Crippen molar-refractivity contribution in [1.82, 2.24) is 5.32 Å². The molecule has 2 aromatic rings. The molecule has 0 heterocycles. The number of nitrogens with one attached hydrogen (secondary N) is 2. The van der Waals surface area contributed by atoms with E-state index in [0.717, 1.165) is 11.4 Å². The van der Waals surface area contributed by atoms with E-state index in [0.29, 0.717) is 44.3 Å². The largest absolute Gasteiger partial charge is 0.491 e. The summed E-state index contributed by atoms with van der Waals surface area (Å²) in [5, 5.41) is 5.82. The maximum absolute atomic E-state index is 12.5. The van der Waals surface area contributed by atoms with Crippen molar-refractivity contribution in [3.05, 3.63) is 54.1 Å². The fourth-order valence-corrected chi connectivity index (χ4v) is 2.56. The van der Waals surface area contributed by atoms with E-state index in [1.807, 2.05) is 31.2 Å². The predicted octanol–water partition coefficient (Wildman–Crippen LogP) is 3.25. The van der Waals surface area contributed by atoms with Crippen LogP contribution in [0.2, 0.25) is 0 Å². The molecule has 0 spiro atoms. The van der Waals surface area contributed by atoms with Gasteiger partial charge in [0.2, 0.25) is 0 Å². The third-order valence-corrected chi connectivity index (χ3v) is 3.92. The zero-order valence-electron chi connectivity index (χ0n) is 16.6. The Morgan fingerprint density at radius 2 is 1.69 bits per heavy atom. The Bertz CT molecular complexity index is 783. The second-order valence-corrected chi connectivity index (χ2v) is 6.22. The second kappa shape index (κ2) is 12.7. The summed E-state index contributed by atoms with van der Waals surface area (Å²) in [5.74, 6) is 0.845. The number of para-hydroxylation sites is 1. The van der Waals surface area contributed by atoms with Gasteiger partial charge < -0.3 is 24.3 Å². The molecule has 2 aromatic carbocycles. The zero-order valence-corrected chi connectivity index (χ0v) is 17.4. The summed E-state index contributed by atoms with van der Waals surface area (Å²) in [6.45, 7) is 4.42. The van der Waals surface area contributed by atoms with Gasteiger partial charge in [0.25, 0.3) is 5.91 Å². The molecule has 1 amide bonds. The number of thiocarbonyl (C=S) groups is 1. The normalized spacial score (nSPS) is 10.3. The molecule has 0 aliphatic heterocycles. The smallest absolute Gasteiger partial charge is 0.261 e. The van der Waals surface area contributed by atoms with Gasteiger partial charge >= 0.3 is 0 Å². The molecular weight excluding hydrogens is 392 g/mol. The Labute approximate surface area is 176 Å². The van der Waals surface area contributed by atoms with E-state index < -0.39 is 0 Å². The van der Waals surface area contributed by atoms with Crippen LogP contribution in [0.5, 0.6) is 11.5 Å². The van der Waals surface area contributed by atoms with Crippen LogP contribution >= 0.6 is 12.2 Å². The number of anilines is 1. The van der Waals surface area contributed by atoms with Gasteiger partial charge in [0.05, 0.1) is 18.8 Å². The lowest BCUT2D eigenvalue weighted by molar-refractivity contribution is 0.0970. The second-order valence-electron chi connectivity index (χ2n) is 5.82. The Morgan fingerprint density at radius 3 is 2.41 bits per heavy atom. The Morgan fingerprint density at radius 1 is 0.966 bits per heavy atom. The third kappa shape index (κ3) is 8.06. The summed E-state index contributed by atoms with van der Waals surface area (Å²) in [7, 11) is 1.59. The molecule has 8 heteroatoms. The standard InChI is InChI=1S/C21H26N2O5S/c1-3-26-13-15-27-17-10-8-16(9-11-17)22-21(29)23-20(24)18-6-4-5-7-19(18)28-14-12-25-2/h4-11H,3,12-15H2,1-2H3,(H2,22,23,24,29). The summed E-state index contributed by atoms with van der Waals surface area (Å²) in [6.07, 6.45) is 0. The number of methoxy groups -OCH3 is 1. The molecule has 0 atom stereocenters. The molecule has 0 fully saturated rings. The summed E-state index contributed by atoms with van der Waals surface area (Å²) in [6, 6.07) is 14.2. The highest BCUT2D eigenvalue weighted by atomic mass is 32.1. The van der Waals surface area contributed by atoms with Gasteiger partial charge in [-0.3, -0.25) is 10.1 Å². The number of amides is 1. The maximum atomic E-state index is 12.5. The number of benzene rings is 2. The van der Waals surface area contributed by atoms with Crippen molar-refractivity contribution in [2.75, 3.05) is 45.5 Å². The number of rotatable bonds is 11. The first-order valence-electron chi connectivity index (χ1n) is 9.27. The van der Waals surface area contributed by atoms with Crippen molar-refractivity contribution in [3.63, 3.8) is 0 Å². The molecule has 156 valence electrons. The van der Waals surface area contributed by atoms with Crippen LogP contribution in [0.1, 0.15) is 17.3 Å². The number of carbonyl (C=O) groups excluding carboxylic acids is 1. The fraction of sp³-hybridized carbons (Fsp3) is 0.333. The van der Waals surface area contributed by atoms with E-state index in [9.17, 15) is 4.79 Å². The van der Waals surface area contributed by atoms with Crippen molar-refractivity contribution in [3.8, 4) is 11.5 Å². The average Bonchev–Trinajstić information content (AvgIpc) is 2.73. The molecule has 0 bridgehead atoms. The predicted molar refractivity (Wildman–Crippen MR) is 116 cm³/mol. The van der Waals surface area contributed by atoms with Gasteiger partial charge in [-0.2, -0.15) is 0 Å². The number of ether oxygens (including phenoxy) is 4. The first-order valence-corrected chi connectivity index (χ1v) is 9.68. The van der Waals surface area contributed by atoms with E-state index >= 15 is 0 Å². The SMILES string of the molecule is CCOCCOc1ccc(NC(=S)NC(=O)c2ccccc2OCCOC)cc1. The van der Waals surface area contributed by atoms with Gasteiger partial charge in [0, 0.05) is 19.4 Å². The molecule has 7 nitrogen and oxygen atoms in total. The van der Waals surface area contributed by atoms with Crippen LogP contribution in [0.3, 0.4) is 0 Å². The summed E-state index contributed by atoms with van der Waals surface area (Å²) in [4.78, 5) is 12.5. The van der Waals surface area contributed by atoms with Gasteiger partial charge in [-0.25, -0.2) is 0 Å². The van der Waals surface area contributed by atoms with Gasteiger partial charge in [-0.05, 0) is 55.5 Å². The van der Waals surface area contributed by atoms with Crippen molar-refractivity contribution in [2.24, 2.45) is 0 Å². The van der Waals surface area contributed by atoms with Gasteiger partial charge in [-0.1, -0.05) is 12.1 Å². The molecular formula is C21H26N2O5S. The van der Waals surface area contributed by atoms with Gasteiger partial charge in [0.1, 0.15) is 24.7 Å². The highest BCUT2D eigenvalue weighted by Crippen LogP contribution is 2.18. The molecule has 0 saturated heterocycles. The van der Waals surface area contributed by atoms with Crippen LogP contribution in [-0.2, 0) is 9.47 Å². The van der Waals surface area contributed by atoms with Crippen molar-refractivity contribution < 1.29 is 23.7 Å². The van der Waals surface area contributed by atoms with Gasteiger partial charge in [-0.15, -0.1) is 0 Å². The van der Waals surface area contributed by atoms with Crippen molar-refractivity contribution in [1.29, 1.82) is 0 Å². The lowest BCUT2D eigenvalue weighted by atomic mass is 10.2. The molecule has 2 N–H and O–H groups in total. The molecule has 0 aliphatic carbocycles. The molecule has 2 rings (SSSR count). The lowest BCUT2D eigenvalue weighted by Gasteiger charge is -2.13. The molecule has 0 unspecified atom stereocenters. The monoisotopic (exact) mass is 418 g/mol. The van der Waals surface area contributed by atoms with Crippen LogP contribution in [0.15, 0.2) is 48.5 Å². The minimum atomic E-state index is -0.355. The summed E-state index contributed by atoms with van der Waals surface area (Å²) >= 11 is 5.24. The molecule has 0 aromatic heterocycles. The highest BCUT2D eigenvalue weighted by molar-refractivity contribution is 7.80. The Balaban J connectivity index is 1.86. The highest BCUT2D eigenvalue weighted by Gasteiger charge is 2.13. The molecule has 0 radical (unpaired) electrons. The van der Waals surface area contributed by atoms with E-state index in [1.165, 1.54) is 0 Å². The van der Waals surface area contributed by atoms with Crippen LogP contribution in [0.25, 0.3) is 0 Å². The van der Waals surface area contributed by atoms with Crippen LogP contribution in [0.4, 0.5) is 5.69 Å². The van der Waals surface area contributed by atoms with E-state index in [1.54, 1.807) is 31.4 Å². The van der Waals surface area contributed by atoms with E-state index in [2.05, 4.69) is 10.6 Å². The van der Waals surface area contributed by atoms with Crippen molar-refractivity contribution >= 4 is 28.9 Å². The first kappa shape index (κ1) is 22.6. The minimum absolute atomic E-state index is 0.187. The van der Waals surface area contributed by atoms with Crippen LogP contribution in [-0.4, -0.2) is 51.2 Å². The third-order valence-electron chi connectivity index (χ3n) is 3.72. The average molecular weight is 419 g/mol. The molecule has 29 heavy (non-hydrogen) atoms. The quantitative estimate of drug-likeness (QED) is 0.428. The Kier molecular flexibility index (Phi) is 9.91. The number of carbonyl (C=O) groups is 1. The maximum Gasteiger partial charge on any atom is 0.261 e. The number of hydrogen-bond donors (Lipinski definition) is 2. The van der Waals surface area contributed by atoms with Crippen LogP contribution < -0.4 is 20.1 Å². The van der Waals surface area contributed by atoms with Gasteiger partial charge in [0.15, 0.2) is 5.11 Å². The first-order chi connectivity index (χ1) is 14.1. The Hall–Kier alpha value is -2.68. The lowest BCUT2D eigenvalue weighted by Crippen LogP contribution is -2.34. The molecule has 0 aliphatic rings.